The lowest BCUT2D eigenvalue weighted by Crippen LogP contribution is -2.47. The van der Waals surface area contributed by atoms with E-state index in [1.165, 1.54) is 12.3 Å². The van der Waals surface area contributed by atoms with Crippen LogP contribution in [0, 0.1) is 5.82 Å². The van der Waals surface area contributed by atoms with Gasteiger partial charge in [-0.1, -0.05) is 140 Å². The molecule has 0 saturated carbocycles. The summed E-state index contributed by atoms with van der Waals surface area (Å²) in [5.74, 6) is -1.56. The molecule has 9 rings (SSSR count). The van der Waals surface area contributed by atoms with Gasteiger partial charge in [-0.05, 0) is 47.0 Å². The highest BCUT2D eigenvalue weighted by molar-refractivity contribution is 6.20. The standard InChI is InChI=1S/C48H35FN6O2/c49-41-25-13-11-23-39(41)44-40-24-12-15-27-43(40)55(47(57)45(52-44)53-46(56)34-28-33-16-10-14-26-42(33)50-29-34)31-38-30-54(32-51-38)48(35-17-4-1-5-18-35,36-19-6-2-7-20-36)37-21-8-3-9-22-37/h1-30,32,45H,31H2,(H,53,56). The van der Waals surface area contributed by atoms with Gasteiger partial charge in [0.2, 0.25) is 6.17 Å². The molecule has 1 aliphatic rings. The van der Waals surface area contributed by atoms with E-state index >= 15 is 4.39 Å². The molecule has 0 saturated heterocycles. The summed E-state index contributed by atoms with van der Waals surface area (Å²) in [5, 5.41) is 3.62. The molecule has 9 heteroatoms. The third-order valence-corrected chi connectivity index (χ3v) is 10.4. The zero-order valence-electron chi connectivity index (χ0n) is 30.6. The normalized spacial score (nSPS) is 14.1. The number of rotatable bonds is 9. The van der Waals surface area contributed by atoms with Crippen LogP contribution in [0.4, 0.5) is 10.1 Å². The summed E-state index contributed by atoms with van der Waals surface area (Å²) in [6.07, 6.45) is 3.81. The van der Waals surface area contributed by atoms with Gasteiger partial charge in [-0.2, -0.15) is 0 Å². The monoisotopic (exact) mass is 746 g/mol. The highest BCUT2D eigenvalue weighted by atomic mass is 19.1. The minimum absolute atomic E-state index is 0.0290. The number of amides is 2. The van der Waals surface area contributed by atoms with E-state index in [-0.39, 0.29) is 23.4 Å². The minimum Gasteiger partial charge on any atom is -0.322 e. The molecule has 6 aromatic carbocycles. The van der Waals surface area contributed by atoms with Crippen molar-refractivity contribution in [2.45, 2.75) is 18.2 Å². The molecule has 0 aliphatic carbocycles. The molecule has 0 spiro atoms. The Kier molecular flexibility index (Phi) is 9.24. The van der Waals surface area contributed by atoms with E-state index in [0.29, 0.717) is 16.9 Å². The van der Waals surface area contributed by atoms with Gasteiger partial charge in [0.25, 0.3) is 11.8 Å². The van der Waals surface area contributed by atoms with E-state index in [1.54, 1.807) is 41.6 Å². The summed E-state index contributed by atoms with van der Waals surface area (Å²) in [6.45, 7) is 0.0290. The number of nitrogens with one attached hydrogen (secondary N) is 1. The molecule has 1 unspecified atom stereocenters. The number of carbonyl (C=O) groups is 2. The van der Waals surface area contributed by atoms with E-state index in [0.717, 1.165) is 27.6 Å². The highest BCUT2D eigenvalue weighted by Gasteiger charge is 2.39. The maximum Gasteiger partial charge on any atom is 0.272 e. The summed E-state index contributed by atoms with van der Waals surface area (Å²) < 4.78 is 17.7. The number of fused-ring (bicyclic) bond motifs is 2. The van der Waals surface area contributed by atoms with Crippen molar-refractivity contribution in [1.29, 1.82) is 0 Å². The number of anilines is 1. The van der Waals surface area contributed by atoms with Crippen molar-refractivity contribution < 1.29 is 14.0 Å². The number of imidazole rings is 1. The Balaban J connectivity index is 1.15. The predicted molar refractivity (Wildman–Crippen MR) is 220 cm³/mol. The number of carbonyl (C=O) groups excluding carboxylic acids is 2. The number of nitrogens with zero attached hydrogens (tertiary/aromatic N) is 5. The molecule has 3 heterocycles. The van der Waals surface area contributed by atoms with Gasteiger partial charge in [0.05, 0.1) is 41.0 Å². The molecule has 8 aromatic rings. The van der Waals surface area contributed by atoms with Crippen LogP contribution < -0.4 is 10.2 Å². The third-order valence-electron chi connectivity index (χ3n) is 10.4. The van der Waals surface area contributed by atoms with Crippen LogP contribution in [-0.4, -0.2) is 38.2 Å². The average molecular weight is 747 g/mol. The van der Waals surface area contributed by atoms with E-state index < -0.39 is 29.3 Å². The first-order valence-corrected chi connectivity index (χ1v) is 18.6. The fourth-order valence-corrected chi connectivity index (χ4v) is 7.73. The van der Waals surface area contributed by atoms with Crippen molar-refractivity contribution in [3.05, 3.63) is 233 Å². The number of pyridine rings is 1. The molecule has 1 aliphatic heterocycles. The molecule has 57 heavy (non-hydrogen) atoms. The maximum atomic E-state index is 15.6. The van der Waals surface area contributed by atoms with Crippen LogP contribution in [0.25, 0.3) is 10.9 Å². The Morgan fingerprint density at radius 2 is 1.26 bits per heavy atom. The van der Waals surface area contributed by atoms with Gasteiger partial charge >= 0.3 is 0 Å². The number of halogens is 1. The molecule has 276 valence electrons. The molecule has 2 amide bonds. The smallest absolute Gasteiger partial charge is 0.272 e. The van der Waals surface area contributed by atoms with Crippen LogP contribution in [-0.2, 0) is 16.9 Å². The fraction of sp³-hybridized carbons (Fsp3) is 0.0625. The molecular weight excluding hydrogens is 712 g/mol. The van der Waals surface area contributed by atoms with Crippen molar-refractivity contribution in [1.82, 2.24) is 19.9 Å². The Labute approximate surface area is 328 Å². The second-order valence-corrected chi connectivity index (χ2v) is 13.8. The highest BCUT2D eigenvalue weighted by Crippen LogP contribution is 2.41. The zero-order valence-corrected chi connectivity index (χ0v) is 30.6. The van der Waals surface area contributed by atoms with Crippen molar-refractivity contribution in [2.75, 3.05) is 4.90 Å². The van der Waals surface area contributed by atoms with Crippen molar-refractivity contribution in [3.8, 4) is 0 Å². The lowest BCUT2D eigenvalue weighted by molar-refractivity contribution is -0.120. The Morgan fingerprint density at radius 3 is 1.93 bits per heavy atom. The van der Waals surface area contributed by atoms with Gasteiger partial charge in [0.1, 0.15) is 11.4 Å². The first-order valence-electron chi connectivity index (χ1n) is 18.6. The Bertz CT molecular complexity index is 2670. The van der Waals surface area contributed by atoms with Crippen molar-refractivity contribution in [3.63, 3.8) is 0 Å². The lowest BCUT2D eigenvalue weighted by Gasteiger charge is -2.37. The largest absolute Gasteiger partial charge is 0.322 e. The topological polar surface area (TPSA) is 92.5 Å². The van der Waals surface area contributed by atoms with Gasteiger partial charge < -0.3 is 14.8 Å². The van der Waals surface area contributed by atoms with E-state index in [1.807, 2.05) is 103 Å². The van der Waals surface area contributed by atoms with Gasteiger partial charge in [-0.15, -0.1) is 0 Å². The Hall–Kier alpha value is -7.52. The summed E-state index contributed by atoms with van der Waals surface area (Å²) >= 11 is 0. The zero-order chi connectivity index (χ0) is 38.8. The summed E-state index contributed by atoms with van der Waals surface area (Å²) in [5.41, 5.74) is 5.31. The number of hydrogen-bond donors (Lipinski definition) is 1. The van der Waals surface area contributed by atoms with Crippen molar-refractivity contribution in [2.24, 2.45) is 4.99 Å². The number of benzene rings is 6. The van der Waals surface area contributed by atoms with Crippen LogP contribution in [0.15, 0.2) is 194 Å². The second kappa shape index (κ2) is 15.0. The first-order chi connectivity index (χ1) is 28.0. The van der Waals surface area contributed by atoms with Crippen molar-refractivity contribution >= 4 is 34.1 Å². The number of hydrogen-bond acceptors (Lipinski definition) is 5. The van der Waals surface area contributed by atoms with Crippen LogP contribution in [0.5, 0.6) is 0 Å². The van der Waals surface area contributed by atoms with Crippen LogP contribution in [0.2, 0.25) is 0 Å². The molecule has 0 radical (unpaired) electrons. The van der Waals surface area contributed by atoms with Crippen LogP contribution in [0.3, 0.4) is 0 Å². The van der Waals surface area contributed by atoms with E-state index in [9.17, 15) is 9.59 Å². The predicted octanol–water partition coefficient (Wildman–Crippen LogP) is 8.55. The number of aliphatic imine (C=N–C) groups is 1. The molecule has 0 fully saturated rings. The lowest BCUT2D eigenvalue weighted by atomic mass is 9.77. The van der Waals surface area contributed by atoms with Gasteiger partial charge in [-0.25, -0.2) is 14.4 Å². The van der Waals surface area contributed by atoms with Gasteiger partial charge in [0, 0.05) is 28.9 Å². The molecular formula is C48H35FN6O2. The number of aromatic nitrogens is 3. The van der Waals surface area contributed by atoms with Crippen LogP contribution >= 0.6 is 0 Å². The summed E-state index contributed by atoms with van der Waals surface area (Å²) in [4.78, 5) is 44.5. The van der Waals surface area contributed by atoms with E-state index in [4.69, 9.17) is 9.98 Å². The van der Waals surface area contributed by atoms with E-state index in [2.05, 4.69) is 51.3 Å². The molecule has 0 bridgehead atoms. The SMILES string of the molecule is O=C(NC1N=C(c2ccccc2F)c2ccccc2N(Cc2cn(C(c3ccccc3)(c3ccccc3)c3ccccc3)cn2)C1=O)c1cnc2ccccc2c1. The Morgan fingerprint density at radius 1 is 0.684 bits per heavy atom. The summed E-state index contributed by atoms with van der Waals surface area (Å²) in [6, 6.07) is 53.5. The van der Waals surface area contributed by atoms with Gasteiger partial charge in [0.15, 0.2) is 0 Å². The average Bonchev–Trinajstić information content (AvgIpc) is 3.70. The summed E-state index contributed by atoms with van der Waals surface area (Å²) in [7, 11) is 0. The first kappa shape index (κ1) is 35.2. The molecule has 8 nitrogen and oxygen atoms in total. The minimum atomic E-state index is -1.41. The molecule has 2 aromatic heterocycles. The third kappa shape index (κ3) is 6.44. The number of para-hydroxylation sites is 2. The molecule has 1 N–H and O–H groups in total. The molecule has 1 atom stereocenters. The fourth-order valence-electron chi connectivity index (χ4n) is 7.73. The quantitative estimate of drug-likeness (QED) is 0.150. The second-order valence-electron chi connectivity index (χ2n) is 13.8. The van der Waals surface area contributed by atoms with Crippen LogP contribution in [0.1, 0.15) is 43.9 Å². The maximum absolute atomic E-state index is 15.6. The number of benzodiazepines with no additional fused rings is 1. The van der Waals surface area contributed by atoms with Gasteiger partial charge in [-0.3, -0.25) is 14.6 Å².